The number of halogens is 3. The van der Waals surface area contributed by atoms with Gasteiger partial charge in [0.15, 0.2) is 12.4 Å². The molecule has 0 atom stereocenters. The Labute approximate surface area is 112 Å². The second kappa shape index (κ2) is 5.20. The molecular formula is C13H9F3N2O2. The molecule has 1 amide bonds. The monoisotopic (exact) mass is 282 g/mol. The van der Waals surface area contributed by atoms with Gasteiger partial charge in [-0.15, -0.1) is 0 Å². The fourth-order valence-corrected chi connectivity index (χ4v) is 1.53. The molecular weight excluding hydrogens is 273 g/mol. The third-order valence-electron chi connectivity index (χ3n) is 2.51. The van der Waals surface area contributed by atoms with Gasteiger partial charge in [-0.1, -0.05) is 0 Å². The Kier molecular flexibility index (Phi) is 3.60. The van der Waals surface area contributed by atoms with Crippen molar-refractivity contribution in [2.45, 2.75) is 6.18 Å². The van der Waals surface area contributed by atoms with Crippen molar-refractivity contribution in [3.8, 4) is 0 Å². The molecule has 0 spiro atoms. The van der Waals surface area contributed by atoms with Crippen LogP contribution in [-0.2, 0) is 6.18 Å². The van der Waals surface area contributed by atoms with E-state index in [1.807, 2.05) is 0 Å². The molecule has 0 unspecified atom stereocenters. The van der Waals surface area contributed by atoms with Crippen LogP contribution in [0.15, 0.2) is 48.8 Å². The molecule has 0 radical (unpaired) electrons. The highest BCUT2D eigenvalue weighted by atomic mass is 19.4. The van der Waals surface area contributed by atoms with E-state index in [-0.39, 0.29) is 11.3 Å². The number of amides is 1. The second-order valence-corrected chi connectivity index (χ2v) is 3.98. The van der Waals surface area contributed by atoms with Crippen LogP contribution in [-0.4, -0.2) is 5.91 Å². The van der Waals surface area contributed by atoms with Gasteiger partial charge in [-0.3, -0.25) is 4.79 Å². The molecule has 1 aromatic carbocycles. The van der Waals surface area contributed by atoms with Gasteiger partial charge in [0.1, 0.15) is 5.56 Å². The normalized spacial score (nSPS) is 11.2. The van der Waals surface area contributed by atoms with E-state index in [2.05, 4.69) is 5.32 Å². The summed E-state index contributed by atoms with van der Waals surface area (Å²) in [5.41, 5.74) is -0.473. The number of rotatable bonds is 2. The molecule has 2 aromatic rings. The third kappa shape index (κ3) is 3.25. The van der Waals surface area contributed by atoms with E-state index in [1.165, 1.54) is 18.3 Å². The lowest BCUT2D eigenvalue weighted by Gasteiger charge is -2.08. The zero-order valence-corrected chi connectivity index (χ0v) is 10.0. The van der Waals surface area contributed by atoms with Crippen LogP contribution in [0.4, 0.5) is 18.9 Å². The third-order valence-corrected chi connectivity index (χ3v) is 2.51. The second-order valence-electron chi connectivity index (χ2n) is 3.98. The summed E-state index contributed by atoms with van der Waals surface area (Å²) < 4.78 is 37.6. The number of benzene rings is 1. The summed E-state index contributed by atoms with van der Waals surface area (Å²) >= 11 is 0. The number of hydrogen-bond acceptors (Lipinski definition) is 2. The number of carbonyl (C=O) groups excluding carboxylic acids is 1. The molecule has 1 aromatic heterocycles. The minimum atomic E-state index is -4.42. The predicted molar refractivity (Wildman–Crippen MR) is 64.8 cm³/mol. The molecule has 2 rings (SSSR count). The number of carbonyl (C=O) groups is 1. The predicted octanol–water partition coefficient (Wildman–Crippen LogP) is 2.59. The summed E-state index contributed by atoms with van der Waals surface area (Å²) in [6, 6.07) is 6.86. The first-order valence-corrected chi connectivity index (χ1v) is 5.54. The average molecular weight is 282 g/mol. The van der Waals surface area contributed by atoms with E-state index >= 15 is 0 Å². The molecule has 7 heteroatoms. The number of nitrogens with zero attached hydrogens (tertiary/aromatic N) is 1. The maximum atomic E-state index is 12.4. The summed E-state index contributed by atoms with van der Waals surface area (Å²) in [6.07, 6.45) is -2.13. The van der Waals surface area contributed by atoms with E-state index in [9.17, 15) is 23.2 Å². The minimum Gasteiger partial charge on any atom is -0.619 e. The highest BCUT2D eigenvalue weighted by Crippen LogP contribution is 2.29. The van der Waals surface area contributed by atoms with Gasteiger partial charge in [0.05, 0.1) is 5.56 Å². The standard InChI is InChI=1S/C13H9F3N2O2/c14-13(15,16)10-3-5-11(6-4-10)17-12(19)9-2-1-7-18(20)8-9/h1-8H,(H,17,19). The Balaban J connectivity index is 2.12. The first-order valence-electron chi connectivity index (χ1n) is 5.54. The van der Waals surface area contributed by atoms with Crippen molar-refractivity contribution in [3.05, 3.63) is 65.1 Å². The summed E-state index contributed by atoms with van der Waals surface area (Å²) in [5, 5.41) is 13.4. The molecule has 0 aliphatic heterocycles. The first kappa shape index (κ1) is 13.9. The molecule has 0 saturated heterocycles. The van der Waals surface area contributed by atoms with Crippen LogP contribution in [0.3, 0.4) is 0 Å². The summed E-state index contributed by atoms with van der Waals surface area (Å²) in [6.45, 7) is 0. The molecule has 4 nitrogen and oxygen atoms in total. The summed E-state index contributed by atoms with van der Waals surface area (Å²) in [5.74, 6) is -0.574. The molecule has 1 heterocycles. The zero-order chi connectivity index (χ0) is 14.8. The molecule has 0 aliphatic carbocycles. The summed E-state index contributed by atoms with van der Waals surface area (Å²) in [7, 11) is 0. The average Bonchev–Trinajstić information content (AvgIpc) is 2.38. The van der Waals surface area contributed by atoms with Crippen molar-refractivity contribution in [1.82, 2.24) is 0 Å². The van der Waals surface area contributed by atoms with Crippen LogP contribution in [0.25, 0.3) is 0 Å². The molecule has 0 aliphatic rings. The van der Waals surface area contributed by atoms with E-state index < -0.39 is 17.6 Å². The number of pyridine rings is 1. The van der Waals surface area contributed by atoms with E-state index in [0.29, 0.717) is 4.73 Å². The number of anilines is 1. The SMILES string of the molecule is O=C(Nc1ccc(C(F)(F)F)cc1)c1ccc[n+]([O-])c1. The van der Waals surface area contributed by atoms with Gasteiger partial charge in [0.2, 0.25) is 0 Å². The van der Waals surface area contributed by atoms with Crippen molar-refractivity contribution in [2.24, 2.45) is 0 Å². The fraction of sp³-hybridized carbons (Fsp3) is 0.0769. The molecule has 0 saturated carbocycles. The Hall–Kier alpha value is -2.57. The van der Waals surface area contributed by atoms with Crippen molar-refractivity contribution in [3.63, 3.8) is 0 Å². The van der Waals surface area contributed by atoms with Crippen LogP contribution >= 0.6 is 0 Å². The highest BCUT2D eigenvalue weighted by Gasteiger charge is 2.29. The number of nitrogens with one attached hydrogen (secondary N) is 1. The molecule has 0 bridgehead atoms. The van der Waals surface area contributed by atoms with Crippen LogP contribution in [0.5, 0.6) is 0 Å². The fourth-order valence-electron chi connectivity index (χ4n) is 1.53. The molecule has 1 N–H and O–H groups in total. The smallest absolute Gasteiger partial charge is 0.416 e. The molecule has 0 fully saturated rings. The topological polar surface area (TPSA) is 56.0 Å². The molecule has 20 heavy (non-hydrogen) atoms. The Morgan fingerprint density at radius 2 is 1.80 bits per heavy atom. The van der Waals surface area contributed by atoms with Gasteiger partial charge >= 0.3 is 6.18 Å². The van der Waals surface area contributed by atoms with Crippen LogP contribution in [0.2, 0.25) is 0 Å². The van der Waals surface area contributed by atoms with Crippen molar-refractivity contribution < 1.29 is 22.7 Å². The lowest BCUT2D eigenvalue weighted by Crippen LogP contribution is -2.27. The zero-order valence-electron chi connectivity index (χ0n) is 10.0. The van der Waals surface area contributed by atoms with E-state index in [0.717, 1.165) is 30.5 Å². The molecule has 104 valence electrons. The number of alkyl halides is 3. The van der Waals surface area contributed by atoms with Crippen molar-refractivity contribution in [1.29, 1.82) is 0 Å². The highest BCUT2D eigenvalue weighted by molar-refractivity contribution is 6.03. The quantitative estimate of drug-likeness (QED) is 0.680. The Morgan fingerprint density at radius 1 is 1.15 bits per heavy atom. The minimum absolute atomic E-state index is 0.113. The first-order chi connectivity index (χ1) is 9.36. The van der Waals surface area contributed by atoms with E-state index in [4.69, 9.17) is 0 Å². The Morgan fingerprint density at radius 3 is 2.35 bits per heavy atom. The van der Waals surface area contributed by atoms with Crippen LogP contribution < -0.4 is 10.0 Å². The van der Waals surface area contributed by atoms with Crippen molar-refractivity contribution in [2.75, 3.05) is 5.32 Å². The van der Waals surface area contributed by atoms with Gasteiger partial charge in [-0.2, -0.15) is 17.9 Å². The van der Waals surface area contributed by atoms with Gasteiger partial charge in [-0.25, -0.2) is 0 Å². The lowest BCUT2D eigenvalue weighted by molar-refractivity contribution is -0.605. The van der Waals surface area contributed by atoms with Crippen LogP contribution in [0, 0.1) is 5.21 Å². The van der Waals surface area contributed by atoms with Gasteiger partial charge in [-0.05, 0) is 30.3 Å². The van der Waals surface area contributed by atoms with Crippen molar-refractivity contribution >= 4 is 11.6 Å². The van der Waals surface area contributed by atoms with Gasteiger partial charge < -0.3 is 10.5 Å². The Bertz CT molecular complexity index is 624. The largest absolute Gasteiger partial charge is 0.619 e. The van der Waals surface area contributed by atoms with Crippen LogP contribution in [0.1, 0.15) is 15.9 Å². The number of hydrogen-bond donors (Lipinski definition) is 1. The number of aromatic nitrogens is 1. The van der Waals surface area contributed by atoms with Gasteiger partial charge in [0.25, 0.3) is 5.91 Å². The maximum Gasteiger partial charge on any atom is 0.416 e. The van der Waals surface area contributed by atoms with Gasteiger partial charge in [0, 0.05) is 11.8 Å². The summed E-state index contributed by atoms with van der Waals surface area (Å²) in [4.78, 5) is 11.8. The lowest BCUT2D eigenvalue weighted by atomic mass is 10.2. The maximum absolute atomic E-state index is 12.4. The van der Waals surface area contributed by atoms with E-state index in [1.54, 1.807) is 0 Å².